The quantitative estimate of drug-likeness (QED) is 0.536. The van der Waals surface area contributed by atoms with Crippen LogP contribution in [-0.4, -0.2) is 25.5 Å². The summed E-state index contributed by atoms with van der Waals surface area (Å²) in [5.41, 5.74) is 3.36. The first-order valence-corrected chi connectivity index (χ1v) is 11.3. The maximum Gasteiger partial charge on any atom is 0.227 e. The minimum Gasteiger partial charge on any atom is -0.328 e. The van der Waals surface area contributed by atoms with Crippen LogP contribution in [0.5, 0.6) is 0 Å². The molecule has 30 heavy (non-hydrogen) atoms. The molecule has 3 aromatic rings. The molecule has 3 heterocycles. The lowest BCUT2D eigenvalue weighted by molar-refractivity contribution is -0.116. The van der Waals surface area contributed by atoms with Crippen LogP contribution in [0, 0.1) is 0 Å². The summed E-state index contributed by atoms with van der Waals surface area (Å²) >= 11 is 14.2. The maximum atomic E-state index is 12.9. The summed E-state index contributed by atoms with van der Waals surface area (Å²) in [6.45, 7) is 0. The predicted molar refractivity (Wildman–Crippen MR) is 118 cm³/mol. The Hall–Kier alpha value is -2.35. The van der Waals surface area contributed by atoms with E-state index < -0.39 is 6.04 Å². The Kier molecular flexibility index (Phi) is 5.26. The van der Waals surface area contributed by atoms with Crippen molar-refractivity contribution in [3.8, 4) is 0 Å². The highest BCUT2D eigenvalue weighted by Gasteiger charge is 2.37. The SMILES string of the molecule is O=C1CCCC2=C1C(c1ccc(Cl)cc1Cl)n1nc(SCc3ccccn3)nc1N2. The molecule has 2 aliphatic rings. The average Bonchev–Trinajstić information content (AvgIpc) is 3.15. The Bertz CT molecular complexity index is 1160. The molecule has 1 aliphatic carbocycles. The molecule has 1 atom stereocenters. The first kappa shape index (κ1) is 19.6. The van der Waals surface area contributed by atoms with Crippen LogP contribution >= 0.6 is 35.0 Å². The van der Waals surface area contributed by atoms with Crippen LogP contribution in [0.3, 0.4) is 0 Å². The van der Waals surface area contributed by atoms with Crippen LogP contribution in [0.4, 0.5) is 5.95 Å². The van der Waals surface area contributed by atoms with Gasteiger partial charge in [0.05, 0.1) is 5.69 Å². The summed E-state index contributed by atoms with van der Waals surface area (Å²) in [5, 5.41) is 9.71. The number of aromatic nitrogens is 4. The molecule has 0 spiro atoms. The highest BCUT2D eigenvalue weighted by Crippen LogP contribution is 2.43. The van der Waals surface area contributed by atoms with Gasteiger partial charge in [0.15, 0.2) is 5.78 Å². The van der Waals surface area contributed by atoms with E-state index in [-0.39, 0.29) is 5.78 Å². The number of rotatable bonds is 4. The van der Waals surface area contributed by atoms with E-state index in [0.717, 1.165) is 29.8 Å². The Labute approximate surface area is 187 Å². The van der Waals surface area contributed by atoms with Gasteiger partial charge >= 0.3 is 0 Å². The van der Waals surface area contributed by atoms with Gasteiger partial charge in [-0.3, -0.25) is 9.78 Å². The monoisotopic (exact) mass is 457 g/mol. The zero-order valence-electron chi connectivity index (χ0n) is 15.8. The number of nitrogens with zero attached hydrogens (tertiary/aromatic N) is 4. The third-order valence-corrected chi connectivity index (χ3v) is 6.61. The highest BCUT2D eigenvalue weighted by atomic mass is 35.5. The number of halogens is 2. The molecule has 0 amide bonds. The summed E-state index contributed by atoms with van der Waals surface area (Å²) in [6, 6.07) is 10.7. The van der Waals surface area contributed by atoms with E-state index in [1.165, 1.54) is 11.8 Å². The lowest BCUT2D eigenvalue weighted by Crippen LogP contribution is -2.31. The fourth-order valence-corrected chi connectivity index (χ4v) is 5.09. The molecule has 1 unspecified atom stereocenters. The van der Waals surface area contributed by atoms with Crippen molar-refractivity contribution in [2.45, 2.75) is 36.2 Å². The Morgan fingerprint density at radius 3 is 2.90 bits per heavy atom. The van der Waals surface area contributed by atoms with Crippen LogP contribution in [0.2, 0.25) is 10.0 Å². The first-order valence-electron chi connectivity index (χ1n) is 9.57. The smallest absolute Gasteiger partial charge is 0.227 e. The molecule has 0 bridgehead atoms. The zero-order chi connectivity index (χ0) is 20.7. The fourth-order valence-electron chi connectivity index (χ4n) is 3.83. The summed E-state index contributed by atoms with van der Waals surface area (Å²) in [4.78, 5) is 21.9. The van der Waals surface area contributed by atoms with Crippen molar-refractivity contribution >= 4 is 46.7 Å². The molecule has 6 nitrogen and oxygen atoms in total. The van der Waals surface area contributed by atoms with Crippen molar-refractivity contribution in [1.82, 2.24) is 19.7 Å². The molecule has 1 aromatic carbocycles. The van der Waals surface area contributed by atoms with Crippen molar-refractivity contribution in [2.75, 3.05) is 5.32 Å². The number of pyridine rings is 1. The number of anilines is 1. The summed E-state index contributed by atoms with van der Waals surface area (Å²) in [7, 11) is 0. The predicted octanol–water partition coefficient (Wildman–Crippen LogP) is 5.29. The number of nitrogens with one attached hydrogen (secondary N) is 1. The number of carbonyl (C=O) groups is 1. The first-order chi connectivity index (χ1) is 14.6. The second-order valence-electron chi connectivity index (χ2n) is 7.13. The number of carbonyl (C=O) groups excluding carboxylic acids is 1. The molecular weight excluding hydrogens is 441 g/mol. The van der Waals surface area contributed by atoms with Gasteiger partial charge in [-0.15, -0.1) is 5.10 Å². The molecule has 0 radical (unpaired) electrons. The minimum absolute atomic E-state index is 0.114. The van der Waals surface area contributed by atoms with Crippen LogP contribution in [0.1, 0.15) is 36.6 Å². The molecule has 5 rings (SSSR count). The maximum absolute atomic E-state index is 12.9. The molecule has 1 aliphatic heterocycles. The zero-order valence-corrected chi connectivity index (χ0v) is 18.1. The van der Waals surface area contributed by atoms with E-state index in [9.17, 15) is 4.79 Å². The number of hydrogen-bond acceptors (Lipinski definition) is 6. The highest BCUT2D eigenvalue weighted by molar-refractivity contribution is 7.98. The second kappa shape index (κ2) is 8.06. The lowest BCUT2D eigenvalue weighted by Gasteiger charge is -2.32. The molecule has 9 heteroatoms. The van der Waals surface area contributed by atoms with Crippen LogP contribution < -0.4 is 5.32 Å². The van der Waals surface area contributed by atoms with E-state index >= 15 is 0 Å². The van der Waals surface area contributed by atoms with E-state index in [1.807, 2.05) is 24.3 Å². The van der Waals surface area contributed by atoms with Gasteiger partial charge in [0.2, 0.25) is 11.1 Å². The number of benzene rings is 1. The van der Waals surface area contributed by atoms with E-state index in [4.69, 9.17) is 28.3 Å². The molecular formula is C21H17Cl2N5OS. The normalized spacial score (nSPS) is 18.1. The number of allylic oxidation sites excluding steroid dienone is 2. The van der Waals surface area contributed by atoms with E-state index in [2.05, 4.69) is 15.3 Å². The number of ketones is 1. The van der Waals surface area contributed by atoms with E-state index in [0.29, 0.717) is 38.9 Å². The summed E-state index contributed by atoms with van der Waals surface area (Å²) < 4.78 is 1.76. The molecule has 0 saturated heterocycles. The van der Waals surface area contributed by atoms with Gasteiger partial charge in [-0.25, -0.2) is 4.68 Å². The van der Waals surface area contributed by atoms with E-state index in [1.54, 1.807) is 23.0 Å². The average molecular weight is 458 g/mol. The molecule has 1 N–H and O–H groups in total. The lowest BCUT2D eigenvalue weighted by atomic mass is 9.85. The third-order valence-electron chi connectivity index (χ3n) is 5.18. The fraction of sp³-hybridized carbons (Fsp3) is 0.238. The number of Topliss-reactive ketones (excluding diaryl/α,β-unsaturated/α-hetero) is 1. The van der Waals surface area contributed by atoms with Crippen LogP contribution in [-0.2, 0) is 10.5 Å². The van der Waals surface area contributed by atoms with Gasteiger partial charge in [0, 0.05) is 45.2 Å². The topological polar surface area (TPSA) is 72.7 Å². The Morgan fingerprint density at radius 2 is 2.10 bits per heavy atom. The standard InChI is InChI=1S/C21H17Cl2N5OS/c22-12-7-8-14(15(23)10-12)19-18-16(5-3-6-17(18)29)25-20-26-21(27-28(19)20)30-11-13-4-1-2-9-24-13/h1-2,4,7-10,19H,3,5-6,11H2,(H,25,26,27). The second-order valence-corrected chi connectivity index (χ2v) is 8.92. The minimum atomic E-state index is -0.425. The third kappa shape index (κ3) is 3.62. The summed E-state index contributed by atoms with van der Waals surface area (Å²) in [5.74, 6) is 1.38. The number of fused-ring (bicyclic) bond motifs is 1. The van der Waals surface area contributed by atoms with Crippen molar-refractivity contribution in [3.05, 3.63) is 75.2 Å². The van der Waals surface area contributed by atoms with Gasteiger partial charge in [-0.1, -0.05) is 47.1 Å². The summed E-state index contributed by atoms with van der Waals surface area (Å²) in [6.07, 6.45) is 3.91. The Morgan fingerprint density at radius 1 is 1.20 bits per heavy atom. The van der Waals surface area contributed by atoms with Gasteiger partial charge in [-0.2, -0.15) is 4.98 Å². The van der Waals surface area contributed by atoms with Crippen molar-refractivity contribution in [1.29, 1.82) is 0 Å². The van der Waals surface area contributed by atoms with Crippen molar-refractivity contribution in [3.63, 3.8) is 0 Å². The molecule has 0 saturated carbocycles. The molecule has 0 fully saturated rings. The molecule has 152 valence electrons. The number of hydrogen-bond donors (Lipinski definition) is 1. The Balaban J connectivity index is 1.55. The van der Waals surface area contributed by atoms with Gasteiger partial charge in [-0.05, 0) is 37.1 Å². The van der Waals surface area contributed by atoms with Crippen molar-refractivity contribution < 1.29 is 4.79 Å². The van der Waals surface area contributed by atoms with Gasteiger partial charge in [0.25, 0.3) is 0 Å². The number of thioether (sulfide) groups is 1. The van der Waals surface area contributed by atoms with Gasteiger partial charge < -0.3 is 5.32 Å². The largest absolute Gasteiger partial charge is 0.328 e. The van der Waals surface area contributed by atoms with Gasteiger partial charge in [0.1, 0.15) is 6.04 Å². The van der Waals surface area contributed by atoms with Crippen LogP contribution in [0.15, 0.2) is 59.0 Å². The van der Waals surface area contributed by atoms with Crippen molar-refractivity contribution in [2.24, 2.45) is 0 Å². The van der Waals surface area contributed by atoms with Crippen LogP contribution in [0.25, 0.3) is 0 Å². The molecule has 2 aromatic heterocycles.